The van der Waals surface area contributed by atoms with Gasteiger partial charge < -0.3 is 10.2 Å². The van der Waals surface area contributed by atoms with Crippen LogP contribution in [0, 0.1) is 0 Å². The summed E-state index contributed by atoms with van der Waals surface area (Å²) in [6.07, 6.45) is 0.565. The number of anilines is 2. The minimum absolute atomic E-state index is 0.0187. The Morgan fingerprint density at radius 3 is 2.47 bits per heavy atom. The van der Waals surface area contributed by atoms with Gasteiger partial charge in [-0.15, -0.1) is 0 Å². The Labute approximate surface area is 212 Å². The number of rotatable bonds is 6. The second-order valence-corrected chi connectivity index (χ2v) is 9.82. The largest absolute Gasteiger partial charge is 0.416 e. The minimum atomic E-state index is -4.43. The molecule has 36 heavy (non-hydrogen) atoms. The van der Waals surface area contributed by atoms with Gasteiger partial charge in [0.25, 0.3) is 0 Å². The summed E-state index contributed by atoms with van der Waals surface area (Å²) in [6, 6.07) is 17.1. The fourth-order valence-electron chi connectivity index (χ4n) is 4.31. The van der Waals surface area contributed by atoms with Crippen LogP contribution in [0.5, 0.6) is 0 Å². The number of alkyl halides is 3. The predicted octanol–water partition coefficient (Wildman–Crippen LogP) is 7.45. The van der Waals surface area contributed by atoms with E-state index in [2.05, 4.69) is 15.2 Å². The van der Waals surface area contributed by atoms with E-state index in [-0.39, 0.29) is 6.04 Å². The summed E-state index contributed by atoms with van der Waals surface area (Å²) in [6.45, 7) is 3.81. The molecule has 186 valence electrons. The molecule has 1 fully saturated rings. The first-order valence-electron chi connectivity index (χ1n) is 12.0. The average Bonchev–Trinajstić information content (AvgIpc) is 3.35. The first kappa shape index (κ1) is 24.2. The van der Waals surface area contributed by atoms with Crippen LogP contribution in [0.2, 0.25) is 0 Å². The summed E-state index contributed by atoms with van der Waals surface area (Å²) < 4.78 is 40.4. The van der Waals surface area contributed by atoms with Crippen molar-refractivity contribution in [2.75, 3.05) is 23.3 Å². The highest BCUT2D eigenvalue weighted by atomic mass is 32.1. The van der Waals surface area contributed by atoms with Crippen LogP contribution >= 0.6 is 11.3 Å². The highest BCUT2D eigenvalue weighted by Crippen LogP contribution is 2.42. The molecule has 1 aliphatic heterocycles. The molecule has 0 saturated carbocycles. The topological polar surface area (TPSA) is 53.9 Å². The Hall–Kier alpha value is -3.46. The van der Waals surface area contributed by atoms with E-state index >= 15 is 0 Å². The zero-order valence-corrected chi connectivity index (χ0v) is 20.6. The number of nitrogens with one attached hydrogen (secondary N) is 1. The SMILES string of the molecule is CC(Nc1nccc(-c2sc(N3CCCCC3)nc2-c2cccc(C(F)(F)F)c2)n1)c1ccccc1. The Balaban J connectivity index is 1.53. The monoisotopic (exact) mass is 509 g/mol. The van der Waals surface area contributed by atoms with Crippen molar-refractivity contribution in [3.63, 3.8) is 0 Å². The Morgan fingerprint density at radius 1 is 0.944 bits per heavy atom. The number of piperidine rings is 1. The van der Waals surface area contributed by atoms with E-state index in [0.29, 0.717) is 22.9 Å². The van der Waals surface area contributed by atoms with Gasteiger partial charge in [-0.05, 0) is 49.9 Å². The third kappa shape index (κ3) is 5.36. The number of thiazole rings is 1. The lowest BCUT2D eigenvalue weighted by atomic mass is 10.1. The molecule has 1 N–H and O–H groups in total. The van der Waals surface area contributed by atoms with Crippen molar-refractivity contribution < 1.29 is 13.2 Å². The fourth-order valence-corrected chi connectivity index (χ4v) is 5.42. The molecule has 3 heterocycles. The van der Waals surface area contributed by atoms with Gasteiger partial charge >= 0.3 is 6.18 Å². The van der Waals surface area contributed by atoms with Gasteiger partial charge in [-0.25, -0.2) is 15.0 Å². The molecule has 0 radical (unpaired) electrons. The number of halogens is 3. The van der Waals surface area contributed by atoms with Gasteiger partial charge in [-0.3, -0.25) is 0 Å². The van der Waals surface area contributed by atoms with E-state index in [9.17, 15) is 13.2 Å². The zero-order chi connectivity index (χ0) is 25.1. The van der Waals surface area contributed by atoms with E-state index in [0.717, 1.165) is 53.6 Å². The van der Waals surface area contributed by atoms with E-state index in [1.807, 2.05) is 37.3 Å². The fraction of sp³-hybridized carbons (Fsp3) is 0.296. The maximum absolute atomic E-state index is 13.5. The van der Waals surface area contributed by atoms with Crippen molar-refractivity contribution in [1.29, 1.82) is 0 Å². The number of hydrogen-bond donors (Lipinski definition) is 1. The summed E-state index contributed by atoms with van der Waals surface area (Å²) in [5.41, 5.74) is 1.96. The third-order valence-electron chi connectivity index (χ3n) is 6.24. The predicted molar refractivity (Wildman–Crippen MR) is 138 cm³/mol. The molecular formula is C27H26F3N5S. The standard InChI is InChI=1S/C27H26F3N5S/c1-18(19-9-4-2-5-10-19)32-25-31-14-13-22(33-25)24-23(20-11-8-12-21(17-20)27(28,29)30)34-26(36-24)35-15-6-3-7-16-35/h2,4-5,8-14,17-18H,3,6-7,15-16H2,1H3,(H,31,32,33). The molecular weight excluding hydrogens is 483 g/mol. The van der Waals surface area contributed by atoms with Crippen LogP contribution in [0.4, 0.5) is 24.3 Å². The first-order chi connectivity index (χ1) is 17.4. The van der Waals surface area contributed by atoms with Crippen LogP contribution in [0.25, 0.3) is 21.8 Å². The third-order valence-corrected chi connectivity index (χ3v) is 7.38. The lowest BCUT2D eigenvalue weighted by Gasteiger charge is -2.25. The summed E-state index contributed by atoms with van der Waals surface area (Å²) in [7, 11) is 0. The first-order valence-corrected chi connectivity index (χ1v) is 12.8. The van der Waals surface area contributed by atoms with E-state index in [1.165, 1.54) is 23.8 Å². The second kappa shape index (κ2) is 10.3. The highest BCUT2D eigenvalue weighted by molar-refractivity contribution is 7.19. The van der Waals surface area contributed by atoms with Gasteiger partial charge in [0.15, 0.2) is 5.13 Å². The van der Waals surface area contributed by atoms with E-state index in [1.54, 1.807) is 18.3 Å². The number of hydrogen-bond acceptors (Lipinski definition) is 6. The summed E-state index contributed by atoms with van der Waals surface area (Å²) in [5, 5.41) is 4.14. The summed E-state index contributed by atoms with van der Waals surface area (Å²) >= 11 is 1.47. The average molecular weight is 510 g/mol. The molecule has 0 spiro atoms. The maximum atomic E-state index is 13.5. The van der Waals surface area contributed by atoms with Crippen molar-refractivity contribution in [3.05, 3.63) is 78.0 Å². The van der Waals surface area contributed by atoms with Crippen LogP contribution in [-0.4, -0.2) is 28.0 Å². The van der Waals surface area contributed by atoms with Crippen LogP contribution in [0.3, 0.4) is 0 Å². The van der Waals surface area contributed by atoms with Gasteiger partial charge in [0.1, 0.15) is 0 Å². The lowest BCUT2D eigenvalue weighted by Crippen LogP contribution is -2.29. The summed E-state index contributed by atoms with van der Waals surface area (Å²) in [4.78, 5) is 16.9. The van der Waals surface area contributed by atoms with Crippen LogP contribution in [0.1, 0.15) is 43.4 Å². The van der Waals surface area contributed by atoms with Crippen molar-refractivity contribution in [2.24, 2.45) is 0 Å². The van der Waals surface area contributed by atoms with Gasteiger partial charge in [0.2, 0.25) is 5.95 Å². The molecule has 0 aliphatic carbocycles. The van der Waals surface area contributed by atoms with Crippen molar-refractivity contribution in [3.8, 4) is 21.8 Å². The van der Waals surface area contributed by atoms with Crippen molar-refractivity contribution in [2.45, 2.75) is 38.4 Å². The quantitative estimate of drug-likeness (QED) is 0.293. The molecule has 2 aromatic carbocycles. The normalized spacial score (nSPS) is 15.1. The molecule has 1 aliphatic rings. The second-order valence-electron chi connectivity index (χ2n) is 8.84. The molecule has 5 rings (SSSR count). The van der Waals surface area contributed by atoms with Crippen LogP contribution in [-0.2, 0) is 6.18 Å². The molecule has 1 saturated heterocycles. The minimum Gasteiger partial charge on any atom is -0.348 e. The smallest absolute Gasteiger partial charge is 0.348 e. The Bertz CT molecular complexity index is 1320. The summed E-state index contributed by atoms with van der Waals surface area (Å²) in [5.74, 6) is 0.451. The van der Waals surface area contributed by atoms with Crippen molar-refractivity contribution in [1.82, 2.24) is 15.0 Å². The van der Waals surface area contributed by atoms with E-state index in [4.69, 9.17) is 9.97 Å². The van der Waals surface area contributed by atoms with Crippen molar-refractivity contribution >= 4 is 22.4 Å². The molecule has 4 aromatic rings. The molecule has 2 aromatic heterocycles. The van der Waals surface area contributed by atoms with Gasteiger partial charge in [-0.1, -0.05) is 53.8 Å². The molecule has 5 nitrogen and oxygen atoms in total. The maximum Gasteiger partial charge on any atom is 0.416 e. The lowest BCUT2D eigenvalue weighted by molar-refractivity contribution is -0.137. The molecule has 9 heteroatoms. The zero-order valence-electron chi connectivity index (χ0n) is 19.8. The van der Waals surface area contributed by atoms with Gasteiger partial charge in [-0.2, -0.15) is 13.2 Å². The molecule has 0 amide bonds. The number of benzene rings is 2. The Kier molecular flexibility index (Phi) is 6.91. The van der Waals surface area contributed by atoms with E-state index < -0.39 is 11.7 Å². The number of nitrogens with zero attached hydrogens (tertiary/aromatic N) is 4. The number of aromatic nitrogens is 3. The van der Waals surface area contributed by atoms with Crippen LogP contribution < -0.4 is 10.2 Å². The molecule has 0 bridgehead atoms. The molecule has 1 atom stereocenters. The Morgan fingerprint density at radius 2 is 1.72 bits per heavy atom. The molecule has 1 unspecified atom stereocenters. The van der Waals surface area contributed by atoms with Gasteiger partial charge in [0, 0.05) is 24.8 Å². The van der Waals surface area contributed by atoms with Gasteiger partial charge in [0.05, 0.1) is 27.9 Å². The van der Waals surface area contributed by atoms with Crippen LogP contribution in [0.15, 0.2) is 66.9 Å². The highest BCUT2D eigenvalue weighted by Gasteiger charge is 2.31.